The minimum atomic E-state index is -0.909. The lowest BCUT2D eigenvalue weighted by molar-refractivity contribution is -0.137. The third-order valence-electron chi connectivity index (χ3n) is 5.60. The molecule has 0 fully saturated rings. The van der Waals surface area contributed by atoms with Crippen LogP contribution in [-0.2, 0) is 16.0 Å². The van der Waals surface area contributed by atoms with E-state index in [1.807, 2.05) is 55.5 Å². The largest absolute Gasteiger partial charge is 0.481 e. The molecule has 3 aromatic rings. The van der Waals surface area contributed by atoms with Gasteiger partial charge in [0, 0.05) is 24.6 Å². The number of hydrogen-bond donors (Lipinski definition) is 1. The molecule has 0 radical (unpaired) electrons. The fourth-order valence-electron chi connectivity index (χ4n) is 4.00. The summed E-state index contributed by atoms with van der Waals surface area (Å²) in [7, 11) is 0. The van der Waals surface area contributed by atoms with E-state index < -0.39 is 5.97 Å². The number of halogens is 1. The van der Waals surface area contributed by atoms with E-state index in [0.717, 1.165) is 33.3 Å². The second-order valence-electron chi connectivity index (χ2n) is 8.09. The first kappa shape index (κ1) is 22.0. The predicted octanol–water partition coefficient (Wildman–Crippen LogP) is 5.00. The van der Waals surface area contributed by atoms with Crippen LogP contribution < -0.4 is 0 Å². The van der Waals surface area contributed by atoms with Crippen molar-refractivity contribution in [2.45, 2.75) is 45.1 Å². The number of carboxylic acids is 1. The Labute approximate surface area is 191 Å². The number of hydrogen-bond acceptors (Lipinski definition) is 4. The maximum atomic E-state index is 12.9. The van der Waals surface area contributed by atoms with Crippen LogP contribution in [0.1, 0.15) is 42.4 Å². The number of aromatic nitrogens is 1. The van der Waals surface area contributed by atoms with Crippen LogP contribution in [0.25, 0.3) is 10.9 Å². The molecule has 1 unspecified atom stereocenters. The molecule has 0 spiro atoms. The number of carboxylic acid groups (broad SMARTS) is 1. The van der Waals surface area contributed by atoms with Crippen molar-refractivity contribution in [2.75, 3.05) is 0 Å². The Bertz CT molecular complexity index is 1190. The highest BCUT2D eigenvalue weighted by Gasteiger charge is 2.32. The van der Waals surface area contributed by atoms with Crippen molar-refractivity contribution in [1.82, 2.24) is 9.99 Å². The lowest BCUT2D eigenvalue weighted by atomic mass is 9.98. The maximum absolute atomic E-state index is 12.9. The third-order valence-corrected chi connectivity index (χ3v) is 5.93. The molecule has 1 amide bonds. The second kappa shape index (κ2) is 9.49. The highest BCUT2D eigenvalue weighted by atomic mass is 35.5. The molecule has 1 atom stereocenters. The molecule has 1 N–H and O–H groups in total. The van der Waals surface area contributed by atoms with Gasteiger partial charge in [-0.05, 0) is 49.1 Å². The van der Waals surface area contributed by atoms with Crippen LogP contribution in [0, 0.1) is 6.92 Å². The Morgan fingerprint density at radius 2 is 1.91 bits per heavy atom. The van der Waals surface area contributed by atoms with E-state index >= 15 is 0 Å². The van der Waals surface area contributed by atoms with Crippen molar-refractivity contribution in [3.05, 3.63) is 76.4 Å². The fourth-order valence-corrected chi connectivity index (χ4v) is 4.23. The molecule has 0 aliphatic carbocycles. The van der Waals surface area contributed by atoms with Gasteiger partial charge >= 0.3 is 5.97 Å². The molecule has 4 rings (SSSR count). The van der Waals surface area contributed by atoms with Crippen molar-refractivity contribution in [1.29, 1.82) is 0 Å². The summed E-state index contributed by atoms with van der Waals surface area (Å²) in [6.45, 7) is 2.03. The van der Waals surface area contributed by atoms with Crippen molar-refractivity contribution < 1.29 is 14.7 Å². The first-order chi connectivity index (χ1) is 15.4. The molecule has 1 aliphatic heterocycles. The van der Waals surface area contributed by atoms with E-state index in [2.05, 4.69) is 16.2 Å². The van der Waals surface area contributed by atoms with Gasteiger partial charge < -0.3 is 5.11 Å². The third kappa shape index (κ3) is 4.97. The van der Waals surface area contributed by atoms with Gasteiger partial charge in [-0.3, -0.25) is 9.59 Å². The SMILES string of the molecule is Cc1ccc2nc(Cl)c(CC3CC(c4ccccc4)=NN3C(=O)CCCC(=O)O)cc2c1. The molecule has 164 valence electrons. The standard InChI is InChI=1S/C25H24ClN3O3/c1-16-10-11-21-18(12-16)13-19(25(26)27-21)14-20-15-22(17-6-3-2-4-7-17)28-29(20)23(30)8-5-9-24(31)32/h2-4,6-7,10-13,20H,5,8-9,14-15H2,1H3,(H,31,32). The van der Waals surface area contributed by atoms with Crippen molar-refractivity contribution >= 4 is 40.1 Å². The van der Waals surface area contributed by atoms with E-state index in [4.69, 9.17) is 16.7 Å². The van der Waals surface area contributed by atoms with Gasteiger partial charge in [-0.25, -0.2) is 9.99 Å². The highest BCUT2D eigenvalue weighted by Crippen LogP contribution is 2.28. The molecule has 0 saturated heterocycles. The highest BCUT2D eigenvalue weighted by molar-refractivity contribution is 6.30. The predicted molar refractivity (Wildman–Crippen MR) is 125 cm³/mol. The Balaban J connectivity index is 1.60. The zero-order valence-electron chi connectivity index (χ0n) is 17.8. The number of rotatable bonds is 7. The smallest absolute Gasteiger partial charge is 0.303 e. The summed E-state index contributed by atoms with van der Waals surface area (Å²) < 4.78 is 0. The van der Waals surface area contributed by atoms with Gasteiger partial charge in [-0.1, -0.05) is 53.6 Å². The lowest BCUT2D eigenvalue weighted by Crippen LogP contribution is -2.34. The molecule has 2 aromatic carbocycles. The minimum absolute atomic E-state index is 0.0424. The maximum Gasteiger partial charge on any atom is 0.303 e. The summed E-state index contributed by atoms with van der Waals surface area (Å²) in [5, 5.41) is 16.5. The van der Waals surface area contributed by atoms with Gasteiger partial charge in [-0.2, -0.15) is 5.10 Å². The van der Waals surface area contributed by atoms with Gasteiger partial charge in [0.15, 0.2) is 0 Å². The average Bonchev–Trinajstić information content (AvgIpc) is 3.19. The minimum Gasteiger partial charge on any atom is -0.481 e. The molecule has 6 nitrogen and oxygen atoms in total. The molecule has 0 saturated carbocycles. The quantitative estimate of drug-likeness (QED) is 0.514. The zero-order chi connectivity index (χ0) is 22.7. The Morgan fingerprint density at radius 1 is 1.12 bits per heavy atom. The number of carbonyl (C=O) groups excluding carboxylic acids is 1. The number of fused-ring (bicyclic) bond motifs is 1. The van der Waals surface area contributed by atoms with E-state index in [0.29, 0.717) is 18.0 Å². The molecule has 1 aliphatic rings. The summed E-state index contributed by atoms with van der Waals surface area (Å²) in [4.78, 5) is 28.3. The summed E-state index contributed by atoms with van der Waals surface area (Å²) in [6, 6.07) is 17.6. The number of aryl methyl sites for hydroxylation is 1. The topological polar surface area (TPSA) is 82.9 Å². The van der Waals surface area contributed by atoms with Crippen LogP contribution in [-0.4, -0.2) is 38.7 Å². The van der Waals surface area contributed by atoms with E-state index in [1.54, 1.807) is 0 Å². The summed E-state index contributed by atoms with van der Waals surface area (Å²) in [6.07, 6.45) is 1.48. The van der Waals surface area contributed by atoms with Crippen molar-refractivity contribution in [3.8, 4) is 0 Å². The number of pyridine rings is 1. The number of aliphatic carboxylic acids is 1. The van der Waals surface area contributed by atoms with Crippen LogP contribution >= 0.6 is 11.6 Å². The molecule has 32 heavy (non-hydrogen) atoms. The van der Waals surface area contributed by atoms with Crippen LogP contribution in [0.5, 0.6) is 0 Å². The normalized spacial score (nSPS) is 15.8. The fraction of sp³-hybridized carbons (Fsp3) is 0.280. The monoisotopic (exact) mass is 449 g/mol. The molecule has 7 heteroatoms. The second-order valence-corrected chi connectivity index (χ2v) is 8.45. The Kier molecular flexibility index (Phi) is 6.51. The average molecular weight is 450 g/mol. The molecule has 0 bridgehead atoms. The molecular weight excluding hydrogens is 426 g/mol. The van der Waals surface area contributed by atoms with E-state index in [9.17, 15) is 9.59 Å². The zero-order valence-corrected chi connectivity index (χ0v) is 18.5. The molecular formula is C25H24ClN3O3. The number of hydrazone groups is 1. The summed E-state index contributed by atoms with van der Waals surface area (Å²) >= 11 is 6.50. The van der Waals surface area contributed by atoms with Crippen LogP contribution in [0.4, 0.5) is 0 Å². The van der Waals surface area contributed by atoms with Gasteiger partial charge in [-0.15, -0.1) is 0 Å². The van der Waals surface area contributed by atoms with Gasteiger partial charge in [0.1, 0.15) is 5.15 Å². The van der Waals surface area contributed by atoms with Crippen molar-refractivity contribution in [2.24, 2.45) is 5.10 Å². The van der Waals surface area contributed by atoms with E-state index in [1.165, 1.54) is 5.01 Å². The van der Waals surface area contributed by atoms with Crippen LogP contribution in [0.3, 0.4) is 0 Å². The molecule has 2 heterocycles. The van der Waals surface area contributed by atoms with Gasteiger partial charge in [0.2, 0.25) is 5.91 Å². The summed E-state index contributed by atoms with van der Waals surface area (Å²) in [5.41, 5.74) is 4.64. The number of nitrogens with zero attached hydrogens (tertiary/aromatic N) is 3. The Hall–Kier alpha value is -3.25. The van der Waals surface area contributed by atoms with Gasteiger partial charge in [0.25, 0.3) is 0 Å². The van der Waals surface area contributed by atoms with Crippen LogP contribution in [0.15, 0.2) is 59.7 Å². The first-order valence-electron chi connectivity index (χ1n) is 10.6. The Morgan fingerprint density at radius 3 is 2.66 bits per heavy atom. The summed E-state index contributed by atoms with van der Waals surface area (Å²) in [5.74, 6) is -1.09. The lowest BCUT2D eigenvalue weighted by Gasteiger charge is -2.22. The first-order valence-corrected chi connectivity index (χ1v) is 11.0. The van der Waals surface area contributed by atoms with E-state index in [-0.39, 0.29) is 31.2 Å². The number of carbonyl (C=O) groups is 2. The molecule has 1 aromatic heterocycles. The van der Waals surface area contributed by atoms with Crippen molar-refractivity contribution in [3.63, 3.8) is 0 Å². The van der Waals surface area contributed by atoms with Crippen LogP contribution in [0.2, 0.25) is 5.15 Å². The number of benzene rings is 2. The number of amides is 1. The van der Waals surface area contributed by atoms with Gasteiger partial charge in [0.05, 0.1) is 17.3 Å².